The lowest BCUT2D eigenvalue weighted by Crippen LogP contribution is -2.68. The van der Waals surface area contributed by atoms with Gasteiger partial charge in [0.2, 0.25) is 5.31 Å². The van der Waals surface area contributed by atoms with Crippen LogP contribution in [0.2, 0.25) is 0 Å². The molecule has 0 aliphatic carbocycles. The Kier molecular flexibility index (Phi) is 9.75. The molecule has 0 saturated heterocycles. The van der Waals surface area contributed by atoms with Crippen molar-refractivity contribution in [2.45, 2.75) is 6.54 Å². The smallest absolute Gasteiger partial charge is 0.201 e. The van der Waals surface area contributed by atoms with Crippen LogP contribution in [0.15, 0.2) is 133 Å². The summed E-state index contributed by atoms with van der Waals surface area (Å²) in [5.74, 6) is 0. The molecule has 1 N–H and O–H groups in total. The molecule has 4 rings (SSSR count). The van der Waals surface area contributed by atoms with E-state index in [-0.39, 0.29) is 0 Å². The molecular weight excluding hydrogens is 495 g/mol. The third-order valence-corrected chi connectivity index (χ3v) is 9.46. The molecule has 8 heteroatoms. The quantitative estimate of drug-likeness (QED) is 0.278. The molecule has 0 unspecified atom stereocenters. The Labute approximate surface area is 213 Å². The minimum atomic E-state index is -4.94. The van der Waals surface area contributed by atoms with Gasteiger partial charge in [0.1, 0.15) is 22.0 Å². The van der Waals surface area contributed by atoms with Crippen LogP contribution in [0.25, 0.3) is 0 Å². The van der Waals surface area contributed by atoms with Crippen molar-refractivity contribution < 1.29 is 28.9 Å². The Morgan fingerprint density at radius 3 is 1.33 bits per heavy atom. The zero-order valence-corrected chi connectivity index (χ0v) is 20.9. The van der Waals surface area contributed by atoms with Crippen molar-refractivity contribution in [1.29, 1.82) is 5.26 Å². The fourth-order valence-electron chi connectivity index (χ4n) is 3.88. The van der Waals surface area contributed by atoms with Gasteiger partial charge in [0, 0.05) is 6.54 Å². The van der Waals surface area contributed by atoms with Crippen LogP contribution in [-0.2, 0) is 6.54 Å². The molecule has 6 nitrogen and oxygen atoms in total. The first-order valence-electron chi connectivity index (χ1n) is 10.9. The third kappa shape index (κ3) is 7.24. The highest BCUT2D eigenvalue weighted by Crippen LogP contribution is 2.61. The molecule has 0 bridgehead atoms. The van der Waals surface area contributed by atoms with E-state index in [1.54, 1.807) is 0 Å². The topological polar surface area (TPSA) is 128 Å². The van der Waals surface area contributed by atoms with Gasteiger partial charge in [-0.2, -0.15) is 5.26 Å². The van der Waals surface area contributed by atoms with Gasteiger partial charge in [-0.3, -0.25) is 0 Å². The van der Waals surface area contributed by atoms with Gasteiger partial charge in [-0.1, -0.05) is 84.9 Å². The number of halogens is 1. The van der Waals surface area contributed by atoms with Crippen molar-refractivity contribution in [2.24, 2.45) is 0 Å². The van der Waals surface area contributed by atoms with Crippen molar-refractivity contribution in [3.05, 3.63) is 138 Å². The van der Waals surface area contributed by atoms with Gasteiger partial charge in [-0.15, -0.1) is 10.2 Å². The van der Waals surface area contributed by atoms with E-state index in [1.165, 1.54) is 21.5 Å². The summed E-state index contributed by atoms with van der Waals surface area (Å²) in [4.78, 5) is 0. The van der Waals surface area contributed by atoms with Crippen molar-refractivity contribution in [1.82, 2.24) is 5.32 Å². The summed E-state index contributed by atoms with van der Waals surface area (Å²) in [6, 6.07) is 44.1. The molecular formula is C28H24ClN2O4P. The molecule has 0 aromatic heterocycles. The Hall–Kier alpha value is -3.53. The highest BCUT2D eigenvalue weighted by Gasteiger charge is 2.50. The number of nitrogens with one attached hydrogen (secondary N) is 1. The van der Waals surface area contributed by atoms with Crippen LogP contribution in [0.3, 0.4) is 0 Å². The fourth-order valence-corrected chi connectivity index (χ4v) is 7.91. The van der Waals surface area contributed by atoms with Crippen LogP contribution in [0.5, 0.6) is 0 Å². The lowest BCUT2D eigenvalue weighted by Gasteiger charge is -2.26. The van der Waals surface area contributed by atoms with Gasteiger partial charge >= 0.3 is 0 Å². The van der Waals surface area contributed by atoms with Crippen molar-refractivity contribution in [3.8, 4) is 6.07 Å². The largest absolute Gasteiger partial charge is 0.383 e. The molecule has 0 saturated carbocycles. The number of nitriles is 1. The molecule has 0 heterocycles. The molecule has 4 aromatic rings. The van der Waals surface area contributed by atoms with E-state index in [2.05, 4.69) is 96.3 Å². The van der Waals surface area contributed by atoms with Crippen LogP contribution in [-0.4, -0.2) is 0 Å². The van der Waals surface area contributed by atoms with Crippen LogP contribution in [0, 0.1) is 21.6 Å². The summed E-state index contributed by atoms with van der Waals surface area (Å²) >= 11 is 0. The average Bonchev–Trinajstić information content (AvgIpc) is 2.90. The SMILES string of the molecule is N#C/C(=C\NCc1ccccc1)[P+](c1ccccc1)(c1ccccc1)c1ccccc1.[O-][Cl+3]([O-])([O-])[O-]. The van der Waals surface area contributed by atoms with E-state index >= 15 is 0 Å². The first-order chi connectivity index (χ1) is 17.4. The molecule has 0 fully saturated rings. The van der Waals surface area contributed by atoms with Gasteiger partial charge in [-0.05, 0) is 42.0 Å². The predicted molar refractivity (Wildman–Crippen MR) is 132 cm³/mol. The number of benzene rings is 4. The number of rotatable bonds is 7. The lowest BCUT2D eigenvalue weighted by molar-refractivity contribution is -2.00. The lowest BCUT2D eigenvalue weighted by atomic mass is 10.2. The van der Waals surface area contributed by atoms with Crippen molar-refractivity contribution in [2.75, 3.05) is 0 Å². The average molecular weight is 519 g/mol. The highest BCUT2D eigenvalue weighted by molar-refractivity contribution is 7.99. The molecule has 0 amide bonds. The first kappa shape index (κ1) is 27.1. The summed E-state index contributed by atoms with van der Waals surface area (Å²) in [5.41, 5.74) is 1.18. The van der Waals surface area contributed by atoms with Gasteiger partial charge < -0.3 is 5.32 Å². The van der Waals surface area contributed by atoms with Crippen LogP contribution < -0.4 is 39.9 Å². The van der Waals surface area contributed by atoms with E-state index in [0.29, 0.717) is 6.54 Å². The van der Waals surface area contributed by atoms with Crippen LogP contribution in [0.4, 0.5) is 0 Å². The Balaban J connectivity index is 0.000000658. The standard InChI is InChI=1S/C28H24N2P.ClHO4/c29-21-28(23-30-22-24-13-5-1-6-14-24)31(25-15-7-2-8-16-25,26-17-9-3-10-18-26)27-19-11-4-12-20-27;2-1(3,4)5/h1-20,23,30H,22H2;(H,2,3,4,5)/q+1;/p-1/b28-23+;. The maximum atomic E-state index is 10.4. The molecule has 0 spiro atoms. The zero-order chi connectivity index (χ0) is 25.9. The van der Waals surface area contributed by atoms with E-state index < -0.39 is 17.5 Å². The molecule has 0 atom stereocenters. The Morgan fingerprint density at radius 1 is 0.667 bits per heavy atom. The minimum absolute atomic E-state index is 0.671. The maximum Gasteiger partial charge on any atom is 0.201 e. The van der Waals surface area contributed by atoms with Crippen molar-refractivity contribution in [3.63, 3.8) is 0 Å². The fraction of sp³-hybridized carbons (Fsp3) is 0.0357. The number of hydrogen-bond donors (Lipinski definition) is 1. The van der Waals surface area contributed by atoms with Gasteiger partial charge in [0.15, 0.2) is 7.26 Å². The third-order valence-electron chi connectivity index (χ3n) is 5.29. The summed E-state index contributed by atoms with van der Waals surface area (Å²) in [6.45, 7) is 0.671. The maximum absolute atomic E-state index is 10.4. The predicted octanol–water partition coefficient (Wildman–Crippen LogP) is 0.379. The molecule has 0 aliphatic heterocycles. The molecule has 0 radical (unpaired) electrons. The van der Waals surface area contributed by atoms with Gasteiger partial charge in [-0.25, -0.2) is 18.6 Å². The van der Waals surface area contributed by atoms with Gasteiger partial charge in [0.05, 0.1) is 6.20 Å². The summed E-state index contributed by atoms with van der Waals surface area (Å²) in [7, 11) is -7.29. The first-order valence-corrected chi connectivity index (χ1v) is 13.9. The summed E-state index contributed by atoms with van der Waals surface area (Å²) in [5, 5.41) is 18.1. The Bertz CT molecular complexity index is 1170. The second kappa shape index (κ2) is 13.0. The van der Waals surface area contributed by atoms with E-state index in [9.17, 15) is 5.26 Å². The van der Waals surface area contributed by atoms with E-state index in [4.69, 9.17) is 18.6 Å². The minimum Gasteiger partial charge on any atom is -0.383 e. The second-order valence-electron chi connectivity index (χ2n) is 7.56. The van der Waals surface area contributed by atoms with Gasteiger partial charge in [0.25, 0.3) is 0 Å². The molecule has 0 aliphatic rings. The molecule has 36 heavy (non-hydrogen) atoms. The number of nitrogens with zero attached hydrogens (tertiary/aromatic N) is 1. The monoisotopic (exact) mass is 518 g/mol. The zero-order valence-electron chi connectivity index (χ0n) is 19.2. The van der Waals surface area contributed by atoms with Crippen molar-refractivity contribution >= 4 is 23.2 Å². The van der Waals surface area contributed by atoms with Crippen LogP contribution >= 0.6 is 7.26 Å². The number of allylic oxidation sites excluding steroid dienone is 1. The normalized spacial score (nSPS) is 11.6. The molecule has 4 aromatic carbocycles. The summed E-state index contributed by atoms with van der Waals surface area (Å²) < 4.78 is 34.0. The highest BCUT2D eigenvalue weighted by atomic mass is 35.7. The second-order valence-corrected chi connectivity index (χ2v) is 11.7. The summed E-state index contributed by atoms with van der Waals surface area (Å²) in [6.07, 6.45) is 1.92. The Morgan fingerprint density at radius 2 is 1.00 bits per heavy atom. The van der Waals surface area contributed by atoms with E-state index in [1.807, 2.05) is 42.6 Å². The van der Waals surface area contributed by atoms with Crippen LogP contribution in [0.1, 0.15) is 5.56 Å². The molecule has 182 valence electrons. The van der Waals surface area contributed by atoms with E-state index in [0.717, 1.165) is 5.31 Å². The number of hydrogen-bond acceptors (Lipinski definition) is 6.